The fourth-order valence-electron chi connectivity index (χ4n) is 6.07. The fraction of sp³-hybridized carbons (Fsp3) is 0.974. The summed E-state index contributed by atoms with van der Waals surface area (Å²) >= 11 is 0. The molecule has 0 heterocycles. The lowest BCUT2D eigenvalue weighted by molar-refractivity contribution is -0.149. The monoisotopic (exact) mass is 628 g/mol. The van der Waals surface area contributed by atoms with E-state index in [0.29, 0.717) is 13.2 Å². The topological polar surface area (TPSA) is 79.2 Å². The minimum atomic E-state index is -0.613. The van der Waals surface area contributed by atoms with Gasteiger partial charge in [-0.25, -0.2) is 0 Å². The van der Waals surface area contributed by atoms with Crippen molar-refractivity contribution in [1.82, 2.24) is 4.90 Å². The Balaban J connectivity index is 4.02. The molecule has 264 valence electrons. The first kappa shape index (κ1) is 43.3. The third-order valence-electron chi connectivity index (χ3n) is 9.09. The average molecular weight is 628 g/mol. The van der Waals surface area contributed by atoms with E-state index in [1.807, 2.05) is 0 Å². The second-order valence-corrected chi connectivity index (χ2v) is 13.3. The molecule has 0 saturated carbocycles. The lowest BCUT2D eigenvalue weighted by Gasteiger charge is -2.23. The molecule has 6 heteroatoms. The summed E-state index contributed by atoms with van der Waals surface area (Å²) in [6.07, 6.45) is 26.5. The van der Waals surface area contributed by atoms with Gasteiger partial charge in [0, 0.05) is 19.1 Å². The van der Waals surface area contributed by atoms with Gasteiger partial charge in [0.2, 0.25) is 0 Å². The maximum Gasteiger partial charge on any atom is 0.308 e. The fourth-order valence-corrected chi connectivity index (χ4v) is 6.07. The molecule has 0 aromatic rings. The highest BCUT2D eigenvalue weighted by molar-refractivity contribution is 5.72. The highest BCUT2D eigenvalue weighted by atomic mass is 16.6. The number of nitrogens with zero attached hydrogens (tertiary/aromatic N) is 1. The predicted molar refractivity (Wildman–Crippen MR) is 187 cm³/mol. The molecular formula is C38H77NO5. The summed E-state index contributed by atoms with van der Waals surface area (Å²) in [6.45, 7) is 13.0. The van der Waals surface area contributed by atoms with Crippen molar-refractivity contribution in [2.75, 3.05) is 39.5 Å². The third kappa shape index (κ3) is 26.5. The molecule has 0 aliphatic rings. The molecule has 44 heavy (non-hydrogen) atoms. The van der Waals surface area contributed by atoms with Crippen LogP contribution in [0, 0.1) is 11.8 Å². The zero-order valence-corrected chi connectivity index (χ0v) is 30.0. The van der Waals surface area contributed by atoms with Crippen molar-refractivity contribution in [3.63, 3.8) is 0 Å². The maximum atomic E-state index is 12.6. The predicted octanol–water partition coefficient (Wildman–Crippen LogP) is 9.83. The summed E-state index contributed by atoms with van der Waals surface area (Å²) in [7, 11) is 0. The Labute approximate surface area is 274 Å². The van der Waals surface area contributed by atoms with Crippen molar-refractivity contribution >= 4 is 5.97 Å². The number of carbonyl (C=O) groups is 1. The van der Waals surface area contributed by atoms with Crippen LogP contribution in [-0.2, 0) is 14.3 Å². The molecule has 0 aliphatic heterocycles. The van der Waals surface area contributed by atoms with Gasteiger partial charge in [0.25, 0.3) is 0 Å². The summed E-state index contributed by atoms with van der Waals surface area (Å²) < 4.78 is 11.5. The van der Waals surface area contributed by atoms with Crippen LogP contribution in [-0.4, -0.2) is 66.8 Å². The largest absolute Gasteiger partial charge is 0.465 e. The van der Waals surface area contributed by atoms with Gasteiger partial charge in [-0.05, 0) is 64.5 Å². The van der Waals surface area contributed by atoms with Gasteiger partial charge in [-0.1, -0.05) is 130 Å². The molecular weight excluding hydrogens is 550 g/mol. The summed E-state index contributed by atoms with van der Waals surface area (Å²) in [5.74, 6) is 0.397. The summed E-state index contributed by atoms with van der Waals surface area (Å²) in [4.78, 5) is 15.0. The number of esters is 1. The van der Waals surface area contributed by atoms with Gasteiger partial charge in [0.05, 0.1) is 19.1 Å². The molecule has 3 atom stereocenters. The molecule has 0 saturated heterocycles. The van der Waals surface area contributed by atoms with E-state index >= 15 is 0 Å². The molecule has 3 unspecified atom stereocenters. The quantitative estimate of drug-likeness (QED) is 0.0414. The van der Waals surface area contributed by atoms with E-state index in [-0.39, 0.29) is 24.4 Å². The molecule has 0 aliphatic carbocycles. The first-order valence-electron chi connectivity index (χ1n) is 19.3. The van der Waals surface area contributed by atoms with Crippen LogP contribution in [0.1, 0.15) is 182 Å². The van der Waals surface area contributed by atoms with Crippen molar-refractivity contribution in [1.29, 1.82) is 0 Å². The van der Waals surface area contributed by atoms with Crippen LogP contribution in [0.5, 0.6) is 0 Å². The highest BCUT2D eigenvalue weighted by Gasteiger charge is 2.20. The molecule has 0 rings (SSSR count). The second-order valence-electron chi connectivity index (χ2n) is 13.3. The Morgan fingerprint density at radius 2 is 1.05 bits per heavy atom. The van der Waals surface area contributed by atoms with Gasteiger partial charge >= 0.3 is 5.97 Å². The van der Waals surface area contributed by atoms with Gasteiger partial charge in [-0.2, -0.15) is 0 Å². The minimum Gasteiger partial charge on any atom is -0.465 e. The molecule has 2 N–H and O–H groups in total. The SMILES string of the molecule is CCCCCCC(CCCC)C(=O)OCCCCCCN(CCO)CCCCCCOC(O)C(CCCC)CCCCCC. The summed E-state index contributed by atoms with van der Waals surface area (Å²) in [6, 6.07) is 0. The number of rotatable bonds is 35. The molecule has 0 aromatic carbocycles. The van der Waals surface area contributed by atoms with Crippen molar-refractivity contribution in [2.24, 2.45) is 11.8 Å². The first-order valence-corrected chi connectivity index (χ1v) is 19.3. The number of unbranched alkanes of at least 4 members (excludes halogenated alkanes) is 14. The molecule has 0 amide bonds. The molecule has 0 spiro atoms. The van der Waals surface area contributed by atoms with Crippen molar-refractivity contribution in [3.8, 4) is 0 Å². The van der Waals surface area contributed by atoms with Crippen LogP contribution >= 0.6 is 0 Å². The van der Waals surface area contributed by atoms with E-state index < -0.39 is 6.29 Å². The van der Waals surface area contributed by atoms with Crippen molar-refractivity contribution < 1.29 is 24.5 Å². The number of hydrogen-bond acceptors (Lipinski definition) is 6. The smallest absolute Gasteiger partial charge is 0.308 e. The van der Waals surface area contributed by atoms with Crippen LogP contribution in [0.15, 0.2) is 0 Å². The average Bonchev–Trinajstić information content (AvgIpc) is 3.02. The number of hydrogen-bond donors (Lipinski definition) is 2. The minimum absolute atomic E-state index is 0.0285. The molecule has 0 radical (unpaired) electrons. The zero-order chi connectivity index (χ0) is 32.5. The number of ether oxygens (including phenoxy) is 2. The Kier molecular flexibility index (Phi) is 33.1. The Morgan fingerprint density at radius 1 is 0.568 bits per heavy atom. The Bertz CT molecular complexity index is 590. The molecule has 0 aromatic heterocycles. The van der Waals surface area contributed by atoms with Gasteiger partial charge in [-0.3, -0.25) is 4.79 Å². The highest BCUT2D eigenvalue weighted by Crippen LogP contribution is 2.22. The lowest BCUT2D eigenvalue weighted by atomic mass is 9.94. The van der Waals surface area contributed by atoms with E-state index in [4.69, 9.17) is 9.47 Å². The van der Waals surface area contributed by atoms with E-state index in [1.165, 1.54) is 51.4 Å². The number of carbonyl (C=O) groups excluding carboxylic acids is 1. The van der Waals surface area contributed by atoms with Gasteiger partial charge < -0.3 is 24.6 Å². The number of aliphatic hydroxyl groups is 2. The summed E-state index contributed by atoms with van der Waals surface area (Å²) in [5.41, 5.74) is 0. The number of aliphatic hydroxyl groups excluding tert-OH is 2. The zero-order valence-electron chi connectivity index (χ0n) is 30.0. The van der Waals surface area contributed by atoms with E-state index in [1.54, 1.807) is 0 Å². The molecule has 0 bridgehead atoms. The Morgan fingerprint density at radius 3 is 1.64 bits per heavy atom. The van der Waals surface area contributed by atoms with Crippen LogP contribution in [0.4, 0.5) is 0 Å². The second kappa shape index (κ2) is 33.7. The van der Waals surface area contributed by atoms with E-state index in [2.05, 4.69) is 32.6 Å². The van der Waals surface area contributed by atoms with Crippen molar-refractivity contribution in [2.45, 2.75) is 188 Å². The van der Waals surface area contributed by atoms with E-state index in [9.17, 15) is 15.0 Å². The normalized spacial score (nSPS) is 13.8. The lowest BCUT2D eigenvalue weighted by Crippen LogP contribution is -2.29. The van der Waals surface area contributed by atoms with Crippen LogP contribution in [0.3, 0.4) is 0 Å². The van der Waals surface area contributed by atoms with Gasteiger partial charge in [0.15, 0.2) is 6.29 Å². The molecule has 6 nitrogen and oxygen atoms in total. The van der Waals surface area contributed by atoms with Crippen molar-refractivity contribution in [3.05, 3.63) is 0 Å². The third-order valence-corrected chi connectivity index (χ3v) is 9.09. The van der Waals surface area contributed by atoms with E-state index in [0.717, 1.165) is 122 Å². The van der Waals surface area contributed by atoms with Gasteiger partial charge in [0.1, 0.15) is 0 Å². The van der Waals surface area contributed by atoms with Crippen LogP contribution in [0.25, 0.3) is 0 Å². The van der Waals surface area contributed by atoms with Gasteiger partial charge in [-0.15, -0.1) is 0 Å². The van der Waals surface area contributed by atoms with Crippen LogP contribution < -0.4 is 0 Å². The summed E-state index contributed by atoms with van der Waals surface area (Å²) in [5, 5.41) is 20.1. The standard InChI is InChI=1S/C38H77NO5/c1-5-9-13-19-27-35(25-11-7-3)37(41)43-33-23-17-15-21-29-39(31-32-40)30-22-16-18-24-34-44-38(42)36(26-12-8-4)28-20-14-10-6-2/h35-37,40-41H,5-34H2,1-4H3. The van der Waals surface area contributed by atoms with Crippen LogP contribution in [0.2, 0.25) is 0 Å². The Hall–Kier alpha value is -0.690. The first-order chi connectivity index (χ1) is 21.5. The molecule has 0 fully saturated rings. The maximum absolute atomic E-state index is 12.6.